The molecule has 1 aromatic rings. The Kier molecular flexibility index (Phi) is 6.75. The first-order chi connectivity index (χ1) is 11.2. The van der Waals surface area contributed by atoms with Crippen LogP contribution in [0.4, 0.5) is 0 Å². The molecular formula is C18H28N2O4. The average Bonchev–Trinajstić information content (AvgIpc) is 2.76. The van der Waals surface area contributed by atoms with Crippen LogP contribution in [0.5, 0.6) is 0 Å². The lowest BCUT2D eigenvalue weighted by atomic mass is 9.99. The van der Waals surface area contributed by atoms with Crippen LogP contribution in [-0.4, -0.2) is 46.8 Å². The maximum Gasteiger partial charge on any atom is 0.354 e. The van der Waals surface area contributed by atoms with Gasteiger partial charge in [-0.1, -0.05) is 6.92 Å². The zero-order valence-corrected chi connectivity index (χ0v) is 15.7. The van der Waals surface area contributed by atoms with E-state index in [4.69, 9.17) is 4.74 Å². The molecule has 0 unspecified atom stereocenters. The molecule has 1 heterocycles. The van der Waals surface area contributed by atoms with Gasteiger partial charge in [-0.2, -0.15) is 0 Å². The van der Waals surface area contributed by atoms with Crippen LogP contribution in [0.15, 0.2) is 0 Å². The molecule has 1 amide bonds. The van der Waals surface area contributed by atoms with E-state index in [-0.39, 0.29) is 11.7 Å². The van der Waals surface area contributed by atoms with Crippen LogP contribution >= 0.6 is 0 Å². The van der Waals surface area contributed by atoms with Gasteiger partial charge in [0.2, 0.25) is 5.91 Å². The minimum Gasteiger partial charge on any atom is -0.464 e. The molecule has 24 heavy (non-hydrogen) atoms. The van der Waals surface area contributed by atoms with Gasteiger partial charge in [-0.3, -0.25) is 9.59 Å². The van der Waals surface area contributed by atoms with Gasteiger partial charge < -0.3 is 14.2 Å². The van der Waals surface area contributed by atoms with Crippen LogP contribution in [0.2, 0.25) is 0 Å². The van der Waals surface area contributed by atoms with Gasteiger partial charge >= 0.3 is 5.97 Å². The summed E-state index contributed by atoms with van der Waals surface area (Å²) in [7, 11) is 3.05. The SMILES string of the molecule is CCCC(=O)N(CC)[C@H](C)C(=O)c1c(C)c(C(=O)OC)n(C)c1C. The summed E-state index contributed by atoms with van der Waals surface area (Å²) < 4.78 is 6.48. The lowest BCUT2D eigenvalue weighted by Gasteiger charge is -2.27. The molecule has 1 aromatic heterocycles. The van der Waals surface area contributed by atoms with Crippen molar-refractivity contribution in [3.63, 3.8) is 0 Å². The number of carbonyl (C=O) groups excluding carboxylic acids is 3. The Hall–Kier alpha value is -2.11. The zero-order valence-electron chi connectivity index (χ0n) is 15.7. The van der Waals surface area contributed by atoms with Crippen molar-refractivity contribution in [3.8, 4) is 0 Å². The summed E-state index contributed by atoms with van der Waals surface area (Å²) in [5.74, 6) is -0.651. The molecule has 0 aliphatic heterocycles. The first-order valence-electron chi connectivity index (χ1n) is 8.30. The predicted molar refractivity (Wildman–Crippen MR) is 92.3 cm³/mol. The molecule has 0 spiro atoms. The number of likely N-dealkylation sites (N-methyl/N-ethyl adjacent to an activating group) is 1. The highest BCUT2D eigenvalue weighted by molar-refractivity contribution is 6.06. The van der Waals surface area contributed by atoms with Crippen molar-refractivity contribution in [1.82, 2.24) is 9.47 Å². The molecule has 0 aliphatic rings. The number of hydrogen-bond donors (Lipinski definition) is 0. The summed E-state index contributed by atoms with van der Waals surface area (Å²) in [6.07, 6.45) is 1.16. The normalized spacial score (nSPS) is 12.0. The zero-order chi connectivity index (χ0) is 18.6. The number of methoxy groups -OCH3 is 1. The molecule has 1 rings (SSSR count). The monoisotopic (exact) mass is 336 g/mol. The van der Waals surface area contributed by atoms with Crippen molar-refractivity contribution in [2.45, 2.75) is 53.5 Å². The number of ether oxygens (including phenoxy) is 1. The Balaban J connectivity index is 3.28. The number of carbonyl (C=O) groups is 3. The molecule has 0 N–H and O–H groups in total. The summed E-state index contributed by atoms with van der Waals surface area (Å²) in [4.78, 5) is 38.8. The second-order valence-electron chi connectivity index (χ2n) is 5.95. The standard InChI is InChI=1S/C18H28N2O4/c1-8-10-14(21)20(9-2)13(5)17(22)15-11(3)16(18(23)24-7)19(6)12(15)4/h13H,8-10H2,1-7H3/t13-/m1/s1. The molecule has 134 valence electrons. The number of ketones is 1. The Bertz CT molecular complexity index is 646. The first-order valence-corrected chi connectivity index (χ1v) is 8.30. The topological polar surface area (TPSA) is 68.6 Å². The maximum absolute atomic E-state index is 13.0. The molecule has 0 radical (unpaired) electrons. The number of amides is 1. The largest absolute Gasteiger partial charge is 0.464 e. The average molecular weight is 336 g/mol. The molecular weight excluding hydrogens is 308 g/mol. The van der Waals surface area contributed by atoms with Crippen molar-refractivity contribution >= 4 is 17.7 Å². The van der Waals surface area contributed by atoms with Gasteiger partial charge in [0.25, 0.3) is 0 Å². The number of aromatic nitrogens is 1. The van der Waals surface area contributed by atoms with E-state index in [2.05, 4.69) is 0 Å². The summed E-state index contributed by atoms with van der Waals surface area (Å²) in [6, 6.07) is -0.570. The number of rotatable bonds is 7. The van der Waals surface area contributed by atoms with Gasteiger partial charge in [0.1, 0.15) is 5.69 Å². The quantitative estimate of drug-likeness (QED) is 0.567. The van der Waals surface area contributed by atoms with E-state index < -0.39 is 12.0 Å². The molecule has 0 bridgehead atoms. The molecule has 1 atom stereocenters. The highest BCUT2D eigenvalue weighted by Gasteiger charge is 2.31. The summed E-state index contributed by atoms with van der Waals surface area (Å²) in [5, 5.41) is 0. The third kappa shape index (κ3) is 3.52. The van der Waals surface area contributed by atoms with Crippen LogP contribution in [-0.2, 0) is 16.6 Å². The van der Waals surface area contributed by atoms with E-state index in [1.807, 2.05) is 13.8 Å². The number of hydrogen-bond acceptors (Lipinski definition) is 4. The predicted octanol–water partition coefficient (Wildman–Crippen LogP) is 2.65. The van der Waals surface area contributed by atoms with E-state index >= 15 is 0 Å². The highest BCUT2D eigenvalue weighted by atomic mass is 16.5. The van der Waals surface area contributed by atoms with Crippen LogP contribution in [0, 0.1) is 13.8 Å². The lowest BCUT2D eigenvalue weighted by Crippen LogP contribution is -2.43. The van der Waals surface area contributed by atoms with E-state index in [9.17, 15) is 14.4 Å². The Morgan fingerprint density at radius 3 is 2.25 bits per heavy atom. The van der Waals surface area contributed by atoms with Gasteiger partial charge in [-0.05, 0) is 39.7 Å². The van der Waals surface area contributed by atoms with Gasteiger partial charge in [-0.15, -0.1) is 0 Å². The molecule has 6 heteroatoms. The third-order valence-electron chi connectivity index (χ3n) is 4.53. The van der Waals surface area contributed by atoms with Crippen molar-refractivity contribution in [3.05, 3.63) is 22.5 Å². The van der Waals surface area contributed by atoms with Gasteiger partial charge in [0, 0.05) is 31.3 Å². The Morgan fingerprint density at radius 1 is 1.21 bits per heavy atom. The Labute approximate surface area is 143 Å². The first kappa shape index (κ1) is 19.9. The molecule has 0 aliphatic carbocycles. The van der Waals surface area contributed by atoms with Gasteiger partial charge in [0.05, 0.1) is 13.2 Å². The van der Waals surface area contributed by atoms with Crippen molar-refractivity contribution < 1.29 is 19.1 Å². The summed E-state index contributed by atoms with van der Waals surface area (Å²) in [5.41, 5.74) is 2.16. The fourth-order valence-corrected chi connectivity index (χ4v) is 3.10. The van der Waals surface area contributed by atoms with E-state index in [0.29, 0.717) is 35.5 Å². The number of esters is 1. The number of Topliss-reactive ketones (excluding diaryl/α,β-unsaturated/α-hetero) is 1. The van der Waals surface area contributed by atoms with Crippen LogP contribution in [0.1, 0.15) is 65.7 Å². The highest BCUT2D eigenvalue weighted by Crippen LogP contribution is 2.24. The molecule has 0 saturated heterocycles. The van der Waals surface area contributed by atoms with E-state index in [1.54, 1.807) is 37.3 Å². The second-order valence-corrected chi connectivity index (χ2v) is 5.95. The van der Waals surface area contributed by atoms with Crippen molar-refractivity contribution in [1.29, 1.82) is 0 Å². The van der Waals surface area contributed by atoms with Crippen molar-refractivity contribution in [2.24, 2.45) is 7.05 Å². The molecule has 0 fully saturated rings. The maximum atomic E-state index is 13.0. The fourth-order valence-electron chi connectivity index (χ4n) is 3.10. The van der Waals surface area contributed by atoms with Crippen molar-refractivity contribution in [2.75, 3.05) is 13.7 Å². The Morgan fingerprint density at radius 2 is 1.79 bits per heavy atom. The van der Waals surface area contributed by atoms with Crippen LogP contribution < -0.4 is 0 Å². The lowest BCUT2D eigenvalue weighted by molar-refractivity contribution is -0.132. The minimum absolute atomic E-state index is 0.0275. The second kappa shape index (κ2) is 8.13. The van der Waals surface area contributed by atoms with E-state index in [0.717, 1.165) is 6.42 Å². The minimum atomic E-state index is -0.570. The molecule has 0 aromatic carbocycles. The summed E-state index contributed by atoms with van der Waals surface area (Å²) in [6.45, 7) is 9.55. The van der Waals surface area contributed by atoms with Crippen LogP contribution in [0.3, 0.4) is 0 Å². The van der Waals surface area contributed by atoms with E-state index in [1.165, 1.54) is 7.11 Å². The fraction of sp³-hybridized carbons (Fsp3) is 0.611. The number of nitrogens with zero attached hydrogens (tertiary/aromatic N) is 2. The van der Waals surface area contributed by atoms with Gasteiger partial charge in [0.15, 0.2) is 5.78 Å². The van der Waals surface area contributed by atoms with Gasteiger partial charge in [-0.25, -0.2) is 4.79 Å². The molecule has 0 saturated carbocycles. The van der Waals surface area contributed by atoms with Crippen LogP contribution in [0.25, 0.3) is 0 Å². The third-order valence-corrected chi connectivity index (χ3v) is 4.53. The molecule has 6 nitrogen and oxygen atoms in total. The summed E-state index contributed by atoms with van der Waals surface area (Å²) >= 11 is 0. The smallest absolute Gasteiger partial charge is 0.354 e.